The quantitative estimate of drug-likeness (QED) is 0.798. The summed E-state index contributed by atoms with van der Waals surface area (Å²) < 4.78 is 28.9. The highest BCUT2D eigenvalue weighted by Crippen LogP contribution is 2.18. The van der Waals surface area contributed by atoms with Gasteiger partial charge < -0.3 is 4.18 Å². The minimum Gasteiger partial charge on any atom is -0.358 e. The van der Waals surface area contributed by atoms with Gasteiger partial charge in [-0.2, -0.15) is 8.42 Å². The molecular weight excluding hydrogens is 250 g/mol. The van der Waals surface area contributed by atoms with E-state index in [1.54, 1.807) is 24.3 Å². The zero-order valence-corrected chi connectivity index (χ0v) is 10.9. The number of hydrogen-bond donors (Lipinski definition) is 0. The third kappa shape index (κ3) is 2.68. The molecule has 0 spiro atoms. The molecule has 0 aliphatic rings. The molecule has 4 nitrogen and oxygen atoms in total. The molecule has 0 atom stereocenters. The smallest absolute Gasteiger partial charge is 0.340 e. The molecule has 0 unspecified atom stereocenters. The van der Waals surface area contributed by atoms with E-state index in [9.17, 15) is 8.42 Å². The first-order valence-electron chi connectivity index (χ1n) is 5.42. The summed E-state index contributed by atoms with van der Waals surface area (Å²) in [6, 6.07) is 9.73. The van der Waals surface area contributed by atoms with Gasteiger partial charge in [0.2, 0.25) is 5.88 Å². The average Bonchev–Trinajstić information content (AvgIpc) is 2.33. The lowest BCUT2D eigenvalue weighted by Crippen LogP contribution is -2.10. The molecule has 94 valence electrons. The Bertz CT molecular complexity index is 651. The Balaban J connectivity index is 2.34. The lowest BCUT2D eigenvalue weighted by atomic mass is 10.1. The van der Waals surface area contributed by atoms with Crippen LogP contribution in [-0.2, 0) is 10.1 Å². The molecule has 0 saturated heterocycles. The van der Waals surface area contributed by atoms with Gasteiger partial charge in [-0.05, 0) is 43.2 Å². The number of hydrogen-bond acceptors (Lipinski definition) is 4. The molecule has 0 saturated carbocycles. The van der Waals surface area contributed by atoms with Gasteiger partial charge in [0.05, 0.1) is 0 Å². The van der Waals surface area contributed by atoms with Crippen molar-refractivity contribution in [1.29, 1.82) is 0 Å². The first-order valence-corrected chi connectivity index (χ1v) is 6.83. The number of nitrogens with zero attached hydrogens (tertiary/aromatic N) is 1. The van der Waals surface area contributed by atoms with Crippen LogP contribution in [0.15, 0.2) is 47.5 Å². The van der Waals surface area contributed by atoms with E-state index < -0.39 is 10.1 Å². The molecule has 0 fully saturated rings. The third-order valence-corrected chi connectivity index (χ3v) is 3.82. The summed E-state index contributed by atoms with van der Waals surface area (Å²) in [6.45, 7) is 3.78. The highest BCUT2D eigenvalue weighted by molar-refractivity contribution is 7.87. The van der Waals surface area contributed by atoms with E-state index in [2.05, 4.69) is 4.98 Å². The molecular formula is C13H13NO3S. The van der Waals surface area contributed by atoms with Crippen LogP contribution in [0, 0.1) is 13.8 Å². The molecule has 1 heterocycles. The van der Waals surface area contributed by atoms with E-state index in [-0.39, 0.29) is 10.8 Å². The maximum Gasteiger partial charge on any atom is 0.340 e. The number of benzene rings is 1. The van der Waals surface area contributed by atoms with E-state index in [1.165, 1.54) is 18.3 Å². The normalized spacial score (nSPS) is 11.2. The summed E-state index contributed by atoms with van der Waals surface area (Å²) in [5.41, 5.74) is 1.94. The fraction of sp³-hybridized carbons (Fsp3) is 0.154. The maximum atomic E-state index is 12.0. The topological polar surface area (TPSA) is 56.3 Å². The van der Waals surface area contributed by atoms with Crippen molar-refractivity contribution in [3.63, 3.8) is 0 Å². The van der Waals surface area contributed by atoms with E-state index in [4.69, 9.17) is 4.18 Å². The predicted molar refractivity (Wildman–Crippen MR) is 68.0 cm³/mol. The van der Waals surface area contributed by atoms with Crippen LogP contribution in [0.25, 0.3) is 0 Å². The van der Waals surface area contributed by atoms with Crippen LogP contribution < -0.4 is 4.18 Å². The molecule has 0 amide bonds. The molecule has 2 aromatic rings. The zero-order valence-electron chi connectivity index (χ0n) is 10.1. The standard InChI is InChI=1S/C13H13NO3S/c1-10-6-7-12(9-11(10)2)18(15,16)17-13-5-3-4-8-14-13/h3-9H,1-2H3. The summed E-state index contributed by atoms with van der Waals surface area (Å²) in [5, 5.41) is 0. The largest absolute Gasteiger partial charge is 0.358 e. The monoisotopic (exact) mass is 263 g/mol. The van der Waals surface area contributed by atoms with Crippen LogP contribution in [0.4, 0.5) is 0 Å². The third-order valence-electron chi connectivity index (χ3n) is 2.60. The molecule has 0 radical (unpaired) electrons. The van der Waals surface area contributed by atoms with Gasteiger partial charge in [-0.15, -0.1) is 0 Å². The molecule has 5 heteroatoms. The molecule has 0 N–H and O–H groups in total. The minimum atomic E-state index is -3.82. The van der Waals surface area contributed by atoms with Gasteiger partial charge in [-0.3, -0.25) is 0 Å². The fourth-order valence-corrected chi connectivity index (χ4v) is 2.40. The Morgan fingerprint density at radius 2 is 1.83 bits per heavy atom. The molecule has 0 bridgehead atoms. The summed E-state index contributed by atoms with van der Waals surface area (Å²) in [7, 11) is -3.82. The molecule has 1 aromatic carbocycles. The highest BCUT2D eigenvalue weighted by atomic mass is 32.2. The first kappa shape index (κ1) is 12.6. The summed E-state index contributed by atoms with van der Waals surface area (Å²) >= 11 is 0. The lowest BCUT2D eigenvalue weighted by molar-refractivity contribution is 0.476. The molecule has 0 aliphatic carbocycles. The lowest BCUT2D eigenvalue weighted by Gasteiger charge is -2.07. The van der Waals surface area contributed by atoms with Crippen molar-refractivity contribution < 1.29 is 12.6 Å². The number of pyridine rings is 1. The SMILES string of the molecule is Cc1ccc(S(=O)(=O)Oc2ccccn2)cc1C. The Labute approximate surface area is 106 Å². The minimum absolute atomic E-state index is 0.0655. The van der Waals surface area contributed by atoms with Gasteiger partial charge in [0, 0.05) is 12.3 Å². The fourth-order valence-electron chi connectivity index (χ4n) is 1.43. The van der Waals surface area contributed by atoms with Crippen LogP contribution in [-0.4, -0.2) is 13.4 Å². The van der Waals surface area contributed by atoms with Crippen LogP contribution >= 0.6 is 0 Å². The second kappa shape index (κ2) is 4.78. The van der Waals surface area contributed by atoms with Gasteiger partial charge in [-0.1, -0.05) is 12.1 Å². The Morgan fingerprint density at radius 3 is 2.44 bits per heavy atom. The predicted octanol–water partition coefficient (Wildman–Crippen LogP) is 2.47. The van der Waals surface area contributed by atoms with E-state index in [0.29, 0.717) is 0 Å². The maximum absolute atomic E-state index is 12.0. The van der Waals surface area contributed by atoms with Crippen LogP contribution in [0.5, 0.6) is 5.88 Å². The number of aromatic nitrogens is 1. The van der Waals surface area contributed by atoms with Crippen molar-refractivity contribution in [3.8, 4) is 5.88 Å². The average molecular weight is 263 g/mol. The molecule has 1 aromatic heterocycles. The second-order valence-electron chi connectivity index (χ2n) is 3.95. The number of rotatable bonds is 3. The number of aryl methyl sites for hydroxylation is 2. The highest BCUT2D eigenvalue weighted by Gasteiger charge is 2.17. The van der Waals surface area contributed by atoms with Crippen LogP contribution in [0.1, 0.15) is 11.1 Å². The molecule has 0 aliphatic heterocycles. The summed E-state index contributed by atoms with van der Waals surface area (Å²) in [5.74, 6) is 0.0655. The summed E-state index contributed by atoms with van der Waals surface area (Å²) in [6.07, 6.45) is 1.48. The van der Waals surface area contributed by atoms with Crippen molar-refractivity contribution in [2.24, 2.45) is 0 Å². The first-order chi connectivity index (χ1) is 8.49. The molecule has 2 rings (SSSR count). The van der Waals surface area contributed by atoms with Gasteiger partial charge in [-0.25, -0.2) is 4.98 Å². The summed E-state index contributed by atoms with van der Waals surface area (Å²) in [4.78, 5) is 3.96. The van der Waals surface area contributed by atoms with Gasteiger partial charge in [0.25, 0.3) is 0 Å². The van der Waals surface area contributed by atoms with E-state index in [1.807, 2.05) is 13.8 Å². The van der Waals surface area contributed by atoms with Crippen molar-refractivity contribution in [2.75, 3.05) is 0 Å². The molecule has 18 heavy (non-hydrogen) atoms. The second-order valence-corrected chi connectivity index (χ2v) is 5.50. The van der Waals surface area contributed by atoms with Crippen molar-refractivity contribution in [1.82, 2.24) is 4.98 Å². The zero-order chi connectivity index (χ0) is 13.2. The van der Waals surface area contributed by atoms with Gasteiger partial charge in [0.1, 0.15) is 4.90 Å². The van der Waals surface area contributed by atoms with Crippen molar-refractivity contribution >= 4 is 10.1 Å². The van der Waals surface area contributed by atoms with E-state index in [0.717, 1.165) is 11.1 Å². The van der Waals surface area contributed by atoms with Gasteiger partial charge in [0.15, 0.2) is 0 Å². The Kier molecular flexibility index (Phi) is 3.34. The van der Waals surface area contributed by atoms with Crippen molar-refractivity contribution in [2.45, 2.75) is 18.7 Å². The van der Waals surface area contributed by atoms with Gasteiger partial charge >= 0.3 is 10.1 Å². The van der Waals surface area contributed by atoms with Crippen LogP contribution in [0.3, 0.4) is 0 Å². The van der Waals surface area contributed by atoms with E-state index >= 15 is 0 Å². The van der Waals surface area contributed by atoms with Crippen LogP contribution in [0.2, 0.25) is 0 Å². The van der Waals surface area contributed by atoms with Crippen molar-refractivity contribution in [3.05, 3.63) is 53.7 Å². The Morgan fingerprint density at radius 1 is 1.06 bits per heavy atom. The Hall–Kier alpha value is -1.88.